The fourth-order valence-corrected chi connectivity index (χ4v) is 4.27. The normalized spacial score (nSPS) is 13.5. The zero-order valence-corrected chi connectivity index (χ0v) is 19.5. The van der Waals surface area contributed by atoms with E-state index < -0.39 is 5.67 Å². The molecule has 1 aromatic rings. The van der Waals surface area contributed by atoms with Crippen molar-refractivity contribution in [3.05, 3.63) is 29.8 Å². The summed E-state index contributed by atoms with van der Waals surface area (Å²) in [6.07, 6.45) is 21.6. The van der Waals surface area contributed by atoms with Gasteiger partial charge in [0.15, 0.2) is 0 Å². The average molecular weight is 406 g/mol. The predicted octanol–water partition coefficient (Wildman–Crippen LogP) is 9.50. The van der Waals surface area contributed by atoms with Crippen LogP contribution in [0.2, 0.25) is 0 Å². The molecule has 1 unspecified atom stereocenters. The fraction of sp³-hybridized carbons (Fsp3) is 0.778. The Morgan fingerprint density at radius 2 is 0.931 bits per heavy atom. The number of hydrogen-bond donors (Lipinski definition) is 1. The molecule has 0 aromatic heterocycles. The van der Waals surface area contributed by atoms with Crippen LogP contribution in [-0.2, 0) is 5.67 Å². The molecule has 29 heavy (non-hydrogen) atoms. The summed E-state index contributed by atoms with van der Waals surface area (Å²) in [5.74, 6) is 0. The Balaban J connectivity index is 2.24. The molecule has 0 radical (unpaired) electrons. The number of anilines is 1. The highest BCUT2D eigenvalue weighted by Gasteiger charge is 2.30. The zero-order chi connectivity index (χ0) is 21.2. The van der Waals surface area contributed by atoms with Gasteiger partial charge in [-0.1, -0.05) is 116 Å². The van der Waals surface area contributed by atoms with Crippen LogP contribution in [0.25, 0.3) is 0 Å². The monoisotopic (exact) mass is 405 g/mol. The standard InChI is InChI=1S/C27H48FN/c1-3-5-7-9-10-11-12-13-14-15-16-18-24-27(28,23-17-8-6-4-2)25-19-21-26(29)22-20-25/h19-22H,3-18,23-24,29H2,1-2H3. The van der Waals surface area contributed by atoms with Gasteiger partial charge in [-0.2, -0.15) is 0 Å². The molecule has 0 aliphatic carbocycles. The van der Waals surface area contributed by atoms with Gasteiger partial charge in [0.2, 0.25) is 0 Å². The molecule has 1 aromatic carbocycles. The van der Waals surface area contributed by atoms with E-state index in [-0.39, 0.29) is 0 Å². The summed E-state index contributed by atoms with van der Waals surface area (Å²) in [5.41, 5.74) is 6.17. The number of halogens is 1. The van der Waals surface area contributed by atoms with Gasteiger partial charge in [0.05, 0.1) is 0 Å². The molecule has 1 nitrogen and oxygen atoms in total. The largest absolute Gasteiger partial charge is 0.399 e. The van der Waals surface area contributed by atoms with Crippen molar-refractivity contribution in [2.45, 2.75) is 135 Å². The van der Waals surface area contributed by atoms with Crippen LogP contribution < -0.4 is 5.73 Å². The Morgan fingerprint density at radius 3 is 1.34 bits per heavy atom. The highest BCUT2D eigenvalue weighted by atomic mass is 19.1. The number of nitrogens with two attached hydrogens (primary N) is 1. The summed E-state index contributed by atoms with van der Waals surface area (Å²) in [5, 5.41) is 0. The first-order valence-corrected chi connectivity index (χ1v) is 12.7. The molecule has 0 bridgehead atoms. The molecule has 0 amide bonds. The summed E-state index contributed by atoms with van der Waals surface area (Å²) >= 11 is 0. The Hall–Kier alpha value is -1.05. The van der Waals surface area contributed by atoms with Crippen LogP contribution >= 0.6 is 0 Å². The summed E-state index contributed by atoms with van der Waals surface area (Å²) in [7, 11) is 0. The van der Waals surface area contributed by atoms with Crippen molar-refractivity contribution < 1.29 is 4.39 Å². The van der Waals surface area contributed by atoms with Gasteiger partial charge in [0, 0.05) is 5.69 Å². The lowest BCUT2D eigenvalue weighted by atomic mass is 9.85. The lowest BCUT2D eigenvalue weighted by Gasteiger charge is -2.26. The Labute approximate surface area is 181 Å². The molecule has 1 rings (SSSR count). The van der Waals surface area contributed by atoms with Crippen molar-refractivity contribution >= 4 is 5.69 Å². The molecule has 0 aliphatic rings. The van der Waals surface area contributed by atoms with Crippen LogP contribution in [0.4, 0.5) is 10.1 Å². The average Bonchev–Trinajstić information content (AvgIpc) is 2.72. The van der Waals surface area contributed by atoms with Crippen molar-refractivity contribution in [2.75, 3.05) is 5.73 Å². The van der Waals surface area contributed by atoms with Crippen LogP contribution in [0, 0.1) is 0 Å². The van der Waals surface area contributed by atoms with E-state index >= 15 is 4.39 Å². The van der Waals surface area contributed by atoms with Crippen LogP contribution in [0.3, 0.4) is 0 Å². The lowest BCUT2D eigenvalue weighted by molar-refractivity contribution is 0.127. The highest BCUT2D eigenvalue weighted by Crippen LogP contribution is 2.37. The summed E-state index contributed by atoms with van der Waals surface area (Å²) in [4.78, 5) is 0. The second-order valence-electron chi connectivity index (χ2n) is 9.04. The van der Waals surface area contributed by atoms with Gasteiger partial charge >= 0.3 is 0 Å². The lowest BCUT2D eigenvalue weighted by Crippen LogP contribution is -2.20. The predicted molar refractivity (Wildman–Crippen MR) is 128 cm³/mol. The third kappa shape index (κ3) is 12.3. The topological polar surface area (TPSA) is 26.0 Å². The summed E-state index contributed by atoms with van der Waals surface area (Å²) < 4.78 is 15.8. The Kier molecular flexibility index (Phi) is 15.0. The van der Waals surface area contributed by atoms with Gasteiger partial charge in [-0.15, -0.1) is 0 Å². The van der Waals surface area contributed by atoms with Gasteiger partial charge < -0.3 is 5.73 Å². The highest BCUT2D eigenvalue weighted by molar-refractivity contribution is 5.40. The van der Waals surface area contributed by atoms with E-state index in [4.69, 9.17) is 5.73 Å². The first-order chi connectivity index (χ1) is 14.1. The molecule has 0 saturated heterocycles. The molecule has 2 heteroatoms. The number of rotatable bonds is 19. The number of alkyl halides is 1. The maximum atomic E-state index is 15.8. The van der Waals surface area contributed by atoms with Gasteiger partial charge in [0.1, 0.15) is 5.67 Å². The molecular formula is C27H48FN. The van der Waals surface area contributed by atoms with Crippen LogP contribution in [0.15, 0.2) is 24.3 Å². The zero-order valence-electron chi connectivity index (χ0n) is 19.5. The quantitative estimate of drug-likeness (QED) is 0.180. The second-order valence-corrected chi connectivity index (χ2v) is 9.04. The smallest absolute Gasteiger partial charge is 0.136 e. The van der Waals surface area contributed by atoms with Crippen molar-refractivity contribution in [3.8, 4) is 0 Å². The molecular weight excluding hydrogens is 357 g/mol. The minimum atomic E-state index is -1.18. The van der Waals surface area contributed by atoms with E-state index in [1.54, 1.807) is 0 Å². The molecule has 0 spiro atoms. The van der Waals surface area contributed by atoms with Crippen molar-refractivity contribution in [1.29, 1.82) is 0 Å². The molecule has 0 fully saturated rings. The van der Waals surface area contributed by atoms with Crippen molar-refractivity contribution in [1.82, 2.24) is 0 Å². The van der Waals surface area contributed by atoms with Gasteiger partial charge in [0.25, 0.3) is 0 Å². The molecule has 0 heterocycles. The van der Waals surface area contributed by atoms with Gasteiger partial charge in [-0.25, -0.2) is 4.39 Å². The third-order valence-corrected chi connectivity index (χ3v) is 6.28. The molecule has 0 aliphatic heterocycles. The molecule has 168 valence electrons. The van der Waals surface area contributed by atoms with Gasteiger partial charge in [-0.3, -0.25) is 0 Å². The van der Waals surface area contributed by atoms with E-state index in [0.717, 1.165) is 31.2 Å². The minimum Gasteiger partial charge on any atom is -0.399 e. The summed E-state index contributed by atoms with van der Waals surface area (Å²) in [6.45, 7) is 4.48. The maximum Gasteiger partial charge on any atom is 0.136 e. The third-order valence-electron chi connectivity index (χ3n) is 6.28. The van der Waals surface area contributed by atoms with Crippen molar-refractivity contribution in [2.24, 2.45) is 0 Å². The number of hydrogen-bond acceptors (Lipinski definition) is 1. The second kappa shape index (κ2) is 16.7. The Morgan fingerprint density at radius 1 is 0.586 bits per heavy atom. The maximum absolute atomic E-state index is 15.8. The molecule has 2 N–H and O–H groups in total. The fourth-order valence-electron chi connectivity index (χ4n) is 4.27. The SMILES string of the molecule is CCCCCCCCCCCCCCC(F)(CCCCCC)c1ccc(N)cc1. The summed E-state index contributed by atoms with van der Waals surface area (Å²) in [6, 6.07) is 7.49. The van der Waals surface area contributed by atoms with E-state index in [2.05, 4.69) is 13.8 Å². The first kappa shape index (κ1) is 26.0. The van der Waals surface area contributed by atoms with E-state index in [1.807, 2.05) is 24.3 Å². The first-order valence-electron chi connectivity index (χ1n) is 12.7. The number of unbranched alkanes of at least 4 members (excludes halogenated alkanes) is 14. The van der Waals surface area contributed by atoms with E-state index in [0.29, 0.717) is 18.5 Å². The van der Waals surface area contributed by atoms with Crippen LogP contribution in [0.5, 0.6) is 0 Å². The van der Waals surface area contributed by atoms with Crippen LogP contribution in [0.1, 0.15) is 135 Å². The van der Waals surface area contributed by atoms with Gasteiger partial charge in [-0.05, 0) is 43.4 Å². The van der Waals surface area contributed by atoms with E-state index in [9.17, 15) is 0 Å². The van der Waals surface area contributed by atoms with Crippen molar-refractivity contribution in [3.63, 3.8) is 0 Å². The minimum absolute atomic E-state index is 0.648. The molecule has 0 saturated carbocycles. The Bertz CT molecular complexity index is 484. The number of benzene rings is 1. The van der Waals surface area contributed by atoms with E-state index in [1.165, 1.54) is 77.0 Å². The number of nitrogen functional groups attached to an aromatic ring is 1. The molecule has 1 atom stereocenters. The van der Waals surface area contributed by atoms with Crippen LogP contribution in [-0.4, -0.2) is 0 Å².